The third-order valence-corrected chi connectivity index (χ3v) is 4.08. The molecule has 0 atom stereocenters. The lowest BCUT2D eigenvalue weighted by atomic mass is 10.3. The molecule has 0 aliphatic heterocycles. The van der Waals surface area contributed by atoms with Crippen molar-refractivity contribution in [1.82, 2.24) is 0 Å². The molecule has 0 fully saturated rings. The molecule has 4 nitrogen and oxygen atoms in total. The summed E-state index contributed by atoms with van der Waals surface area (Å²) in [5, 5.41) is 9.14. The highest BCUT2D eigenvalue weighted by molar-refractivity contribution is 7.92. The molecule has 2 aromatic rings. The van der Waals surface area contributed by atoms with Crippen molar-refractivity contribution in [2.45, 2.75) is 4.90 Å². The van der Waals surface area contributed by atoms with Crippen LogP contribution in [0.3, 0.4) is 0 Å². The Balaban J connectivity index is 2.38. The van der Waals surface area contributed by atoms with Gasteiger partial charge in [-0.15, -0.1) is 0 Å². The number of halogens is 3. The van der Waals surface area contributed by atoms with Crippen molar-refractivity contribution < 1.29 is 22.3 Å². The number of hydrogen-bond donors (Lipinski definition) is 2. The van der Waals surface area contributed by atoms with Crippen LogP contribution in [0.1, 0.15) is 0 Å². The molecule has 0 saturated carbocycles. The second kappa shape index (κ2) is 5.26. The highest BCUT2D eigenvalue weighted by Crippen LogP contribution is 2.31. The Hall–Kier alpha value is -1.86. The fourth-order valence-corrected chi connectivity index (χ4v) is 2.66. The summed E-state index contributed by atoms with van der Waals surface area (Å²) in [6.45, 7) is 0. The summed E-state index contributed by atoms with van der Waals surface area (Å²) in [6, 6.07) is 5.69. The van der Waals surface area contributed by atoms with Gasteiger partial charge in [-0.3, -0.25) is 4.72 Å². The molecule has 0 spiro atoms. The summed E-state index contributed by atoms with van der Waals surface area (Å²) in [4.78, 5) is -0.209. The Morgan fingerprint density at radius 2 is 1.70 bits per heavy atom. The van der Waals surface area contributed by atoms with Gasteiger partial charge in [0.1, 0.15) is 17.4 Å². The Kier molecular flexibility index (Phi) is 3.82. The van der Waals surface area contributed by atoms with E-state index in [0.29, 0.717) is 6.07 Å². The number of phenolic OH excluding ortho intramolecular Hbond substituents is 1. The number of aromatic hydroxyl groups is 1. The van der Waals surface area contributed by atoms with E-state index in [1.54, 1.807) is 0 Å². The van der Waals surface area contributed by atoms with E-state index in [2.05, 4.69) is 0 Å². The van der Waals surface area contributed by atoms with Crippen LogP contribution in [0.5, 0.6) is 5.75 Å². The lowest BCUT2D eigenvalue weighted by Gasteiger charge is -2.10. The second-order valence-electron chi connectivity index (χ2n) is 3.84. The number of anilines is 1. The van der Waals surface area contributed by atoms with E-state index < -0.39 is 27.4 Å². The van der Waals surface area contributed by atoms with Crippen LogP contribution in [-0.2, 0) is 10.0 Å². The molecule has 0 amide bonds. The van der Waals surface area contributed by atoms with E-state index >= 15 is 0 Å². The maximum atomic E-state index is 13.0. The van der Waals surface area contributed by atoms with Crippen LogP contribution in [0.2, 0.25) is 5.02 Å². The first kappa shape index (κ1) is 14.5. The molecule has 0 bridgehead atoms. The van der Waals surface area contributed by atoms with Gasteiger partial charge in [0.25, 0.3) is 10.0 Å². The summed E-state index contributed by atoms with van der Waals surface area (Å²) in [5.41, 5.74) is -0.277. The summed E-state index contributed by atoms with van der Waals surface area (Å²) >= 11 is 5.51. The van der Waals surface area contributed by atoms with Crippen LogP contribution in [0.15, 0.2) is 41.3 Å². The number of sulfonamides is 1. The maximum absolute atomic E-state index is 13.0. The number of nitrogens with one attached hydrogen (secondary N) is 1. The van der Waals surface area contributed by atoms with Crippen LogP contribution in [0, 0.1) is 11.6 Å². The van der Waals surface area contributed by atoms with E-state index in [4.69, 9.17) is 11.6 Å². The van der Waals surface area contributed by atoms with Gasteiger partial charge in [0, 0.05) is 6.07 Å². The Bertz CT molecular complexity index is 748. The summed E-state index contributed by atoms with van der Waals surface area (Å²) < 4.78 is 51.8. The molecule has 20 heavy (non-hydrogen) atoms. The molecule has 106 valence electrons. The molecule has 0 aliphatic carbocycles. The van der Waals surface area contributed by atoms with Crippen LogP contribution in [0.4, 0.5) is 14.5 Å². The minimum atomic E-state index is -4.04. The zero-order valence-corrected chi connectivity index (χ0v) is 11.3. The number of rotatable bonds is 3. The van der Waals surface area contributed by atoms with E-state index in [1.165, 1.54) is 0 Å². The summed E-state index contributed by atoms with van der Waals surface area (Å²) in [5.74, 6) is -2.08. The fraction of sp³-hybridized carbons (Fsp3) is 0. The van der Waals surface area contributed by atoms with E-state index in [0.717, 1.165) is 30.3 Å². The molecule has 0 aromatic heterocycles. The number of benzene rings is 2. The van der Waals surface area contributed by atoms with Crippen LogP contribution in [-0.4, -0.2) is 13.5 Å². The van der Waals surface area contributed by atoms with Crippen molar-refractivity contribution in [2.75, 3.05) is 4.72 Å². The molecule has 0 radical (unpaired) electrons. The lowest BCUT2D eigenvalue weighted by Crippen LogP contribution is -2.13. The van der Waals surface area contributed by atoms with Crippen LogP contribution in [0.25, 0.3) is 0 Å². The molecule has 0 saturated heterocycles. The highest BCUT2D eigenvalue weighted by atomic mass is 35.5. The van der Waals surface area contributed by atoms with Gasteiger partial charge in [-0.1, -0.05) is 11.6 Å². The molecular weight excluding hydrogens is 312 g/mol. The van der Waals surface area contributed by atoms with E-state index in [1.807, 2.05) is 4.72 Å². The average Bonchev–Trinajstić information content (AvgIpc) is 2.36. The standard InChI is InChI=1S/C12H8ClF2NO3S/c13-9-5-11(12(17)6-10(9)15)16-20(18,19)8-3-1-7(14)2-4-8/h1-6,16-17H. The van der Waals surface area contributed by atoms with E-state index in [9.17, 15) is 22.3 Å². The normalized spacial score (nSPS) is 11.3. The Morgan fingerprint density at radius 1 is 1.10 bits per heavy atom. The largest absolute Gasteiger partial charge is 0.506 e. The number of phenols is 1. The monoisotopic (exact) mass is 319 g/mol. The van der Waals surface area contributed by atoms with Crippen LogP contribution < -0.4 is 4.72 Å². The van der Waals surface area contributed by atoms with Gasteiger partial charge >= 0.3 is 0 Å². The van der Waals surface area contributed by atoms with Crippen molar-refractivity contribution in [3.63, 3.8) is 0 Å². The van der Waals surface area contributed by atoms with Gasteiger partial charge in [0.2, 0.25) is 0 Å². The molecular formula is C12H8ClF2NO3S. The third kappa shape index (κ3) is 3.00. The smallest absolute Gasteiger partial charge is 0.262 e. The van der Waals surface area contributed by atoms with Crippen molar-refractivity contribution in [3.05, 3.63) is 53.1 Å². The zero-order valence-electron chi connectivity index (χ0n) is 9.77. The topological polar surface area (TPSA) is 66.4 Å². The van der Waals surface area contributed by atoms with Gasteiger partial charge in [-0.25, -0.2) is 17.2 Å². The van der Waals surface area contributed by atoms with Crippen molar-refractivity contribution >= 4 is 27.3 Å². The van der Waals surface area contributed by atoms with Crippen molar-refractivity contribution in [3.8, 4) is 5.75 Å². The molecule has 0 aliphatic rings. The first-order valence-corrected chi connectivity index (χ1v) is 7.12. The summed E-state index contributed by atoms with van der Waals surface area (Å²) in [6.07, 6.45) is 0. The van der Waals surface area contributed by atoms with E-state index in [-0.39, 0.29) is 15.6 Å². The highest BCUT2D eigenvalue weighted by Gasteiger charge is 2.17. The third-order valence-electron chi connectivity index (χ3n) is 2.41. The van der Waals surface area contributed by atoms with Gasteiger partial charge in [0.15, 0.2) is 0 Å². The molecule has 0 heterocycles. The van der Waals surface area contributed by atoms with Gasteiger partial charge in [-0.05, 0) is 30.3 Å². The second-order valence-corrected chi connectivity index (χ2v) is 5.93. The fourth-order valence-electron chi connectivity index (χ4n) is 1.44. The molecule has 2 N–H and O–H groups in total. The Labute approximate surface area is 118 Å². The molecule has 0 unspecified atom stereocenters. The molecule has 2 rings (SSSR count). The Morgan fingerprint density at radius 3 is 2.30 bits per heavy atom. The maximum Gasteiger partial charge on any atom is 0.262 e. The summed E-state index contributed by atoms with van der Waals surface area (Å²) in [7, 11) is -4.04. The average molecular weight is 320 g/mol. The van der Waals surface area contributed by atoms with Crippen molar-refractivity contribution in [2.24, 2.45) is 0 Å². The van der Waals surface area contributed by atoms with Gasteiger partial charge < -0.3 is 5.11 Å². The predicted molar refractivity (Wildman–Crippen MR) is 70.3 cm³/mol. The molecule has 2 aromatic carbocycles. The predicted octanol–water partition coefficient (Wildman–Crippen LogP) is 3.12. The number of hydrogen-bond acceptors (Lipinski definition) is 3. The van der Waals surface area contributed by atoms with Gasteiger partial charge in [0.05, 0.1) is 15.6 Å². The van der Waals surface area contributed by atoms with Crippen LogP contribution >= 0.6 is 11.6 Å². The SMILES string of the molecule is O=S(=O)(Nc1cc(Cl)c(F)cc1O)c1ccc(F)cc1. The first-order valence-electron chi connectivity index (χ1n) is 5.26. The first-order chi connectivity index (χ1) is 9.29. The molecule has 8 heteroatoms. The lowest BCUT2D eigenvalue weighted by molar-refractivity contribution is 0.471. The minimum absolute atomic E-state index is 0.209. The quantitative estimate of drug-likeness (QED) is 0.854. The minimum Gasteiger partial charge on any atom is -0.506 e. The zero-order chi connectivity index (χ0) is 14.9. The van der Waals surface area contributed by atoms with Crippen molar-refractivity contribution in [1.29, 1.82) is 0 Å². The van der Waals surface area contributed by atoms with Gasteiger partial charge in [-0.2, -0.15) is 0 Å².